The second-order valence-electron chi connectivity index (χ2n) is 5.70. The number of rotatable bonds is 4. The van der Waals surface area contributed by atoms with Crippen molar-refractivity contribution in [3.63, 3.8) is 0 Å². The van der Waals surface area contributed by atoms with E-state index in [0.717, 1.165) is 12.1 Å². The first-order chi connectivity index (χ1) is 13.2. The third kappa shape index (κ3) is 5.57. The highest BCUT2D eigenvalue weighted by Crippen LogP contribution is 2.29. The molecule has 2 N–H and O–H groups in total. The lowest BCUT2D eigenvalue weighted by atomic mass is 10.1. The number of nitrogens with one attached hydrogen (secondary N) is 2. The molecule has 0 bridgehead atoms. The monoisotopic (exact) mass is 445 g/mol. The van der Waals surface area contributed by atoms with Crippen LogP contribution in [0.5, 0.6) is 0 Å². The Morgan fingerprint density at radius 3 is 2.46 bits per heavy atom. The summed E-state index contributed by atoms with van der Waals surface area (Å²) in [5.74, 6) is 0.192. The molecule has 3 rings (SSSR count). The van der Waals surface area contributed by atoms with Crippen LogP contribution in [0.3, 0.4) is 0 Å². The first kappa shape index (κ1) is 20.4. The van der Waals surface area contributed by atoms with Gasteiger partial charge in [-0.3, -0.25) is 5.32 Å². The highest BCUT2D eigenvalue weighted by Gasteiger charge is 2.30. The molecule has 0 radical (unpaired) electrons. The largest absolute Gasteiger partial charge is 0.416 e. The van der Waals surface area contributed by atoms with Gasteiger partial charge >= 0.3 is 6.18 Å². The average Bonchev–Trinajstić information content (AvgIpc) is 3.00. The zero-order valence-electron chi connectivity index (χ0n) is 14.0. The summed E-state index contributed by atoms with van der Waals surface area (Å²) in [6.45, 7) is 0.128. The molecular weight excluding hydrogens is 434 g/mol. The third-order valence-electron chi connectivity index (χ3n) is 3.48. The summed E-state index contributed by atoms with van der Waals surface area (Å²) < 4.78 is 39.8. The first-order valence-electron chi connectivity index (χ1n) is 7.79. The van der Waals surface area contributed by atoms with Crippen LogP contribution in [0.2, 0.25) is 10.0 Å². The maximum absolute atomic E-state index is 12.8. The summed E-state index contributed by atoms with van der Waals surface area (Å²) in [7, 11) is 0. The number of halogens is 5. The average molecular weight is 446 g/mol. The molecule has 3 aromatic rings. The van der Waals surface area contributed by atoms with Gasteiger partial charge in [-0.1, -0.05) is 35.3 Å². The SMILES string of the molecule is FC(F)(F)c1cccc(Cn2cnc(NC(=S)Nc3cc(Cl)cc(Cl)c3)n2)c1. The van der Waals surface area contributed by atoms with Gasteiger partial charge in [-0.05, 0) is 48.1 Å². The topological polar surface area (TPSA) is 54.8 Å². The van der Waals surface area contributed by atoms with E-state index in [0.29, 0.717) is 21.3 Å². The van der Waals surface area contributed by atoms with Crippen molar-refractivity contribution in [3.05, 3.63) is 70.0 Å². The zero-order chi connectivity index (χ0) is 20.3. The number of alkyl halides is 3. The minimum Gasteiger partial charge on any atom is -0.332 e. The summed E-state index contributed by atoms with van der Waals surface area (Å²) in [6, 6.07) is 9.89. The van der Waals surface area contributed by atoms with Gasteiger partial charge in [0.05, 0.1) is 12.1 Å². The summed E-state index contributed by atoms with van der Waals surface area (Å²) in [5.41, 5.74) is 0.313. The molecule has 0 aliphatic heterocycles. The van der Waals surface area contributed by atoms with Crippen LogP contribution in [0.25, 0.3) is 0 Å². The van der Waals surface area contributed by atoms with Gasteiger partial charge in [-0.25, -0.2) is 9.67 Å². The van der Waals surface area contributed by atoms with Crippen LogP contribution < -0.4 is 10.6 Å². The van der Waals surface area contributed by atoms with E-state index >= 15 is 0 Å². The van der Waals surface area contributed by atoms with Crippen LogP contribution >= 0.6 is 35.4 Å². The molecule has 0 fully saturated rings. The Bertz CT molecular complexity index is 986. The minimum absolute atomic E-state index is 0.128. The van der Waals surface area contributed by atoms with Crippen molar-refractivity contribution in [1.29, 1.82) is 0 Å². The zero-order valence-corrected chi connectivity index (χ0v) is 16.3. The molecule has 1 heterocycles. The van der Waals surface area contributed by atoms with E-state index < -0.39 is 11.7 Å². The van der Waals surface area contributed by atoms with Crippen molar-refractivity contribution in [3.8, 4) is 0 Å². The van der Waals surface area contributed by atoms with Crippen molar-refractivity contribution in [2.45, 2.75) is 12.7 Å². The van der Waals surface area contributed by atoms with Crippen LogP contribution in [-0.4, -0.2) is 19.9 Å². The maximum atomic E-state index is 12.8. The molecule has 0 amide bonds. The minimum atomic E-state index is -4.40. The van der Waals surface area contributed by atoms with Crippen LogP contribution in [0.1, 0.15) is 11.1 Å². The van der Waals surface area contributed by atoms with Gasteiger partial charge in [0, 0.05) is 15.7 Å². The van der Waals surface area contributed by atoms with E-state index in [-0.39, 0.29) is 17.6 Å². The number of nitrogens with zero attached hydrogens (tertiary/aromatic N) is 3. The van der Waals surface area contributed by atoms with Gasteiger partial charge in [0.25, 0.3) is 0 Å². The maximum Gasteiger partial charge on any atom is 0.416 e. The number of hydrogen-bond donors (Lipinski definition) is 2. The molecule has 0 saturated carbocycles. The molecule has 0 aliphatic carbocycles. The van der Waals surface area contributed by atoms with E-state index in [9.17, 15) is 13.2 Å². The second kappa shape index (κ2) is 8.34. The number of hydrogen-bond acceptors (Lipinski definition) is 3. The molecule has 2 aromatic carbocycles. The Kier molecular flexibility index (Phi) is 6.07. The molecule has 146 valence electrons. The lowest BCUT2D eigenvalue weighted by Gasteiger charge is -2.09. The standard InChI is InChI=1S/C17H12Cl2F3N5S/c18-12-5-13(19)7-14(6-12)24-16(28)25-15-23-9-27(26-15)8-10-2-1-3-11(4-10)17(20,21)22/h1-7,9H,8H2,(H2,24,25,26,28). The van der Waals surface area contributed by atoms with Crippen molar-refractivity contribution in [1.82, 2.24) is 14.8 Å². The Morgan fingerprint density at radius 1 is 1.07 bits per heavy atom. The van der Waals surface area contributed by atoms with Gasteiger partial charge < -0.3 is 5.32 Å². The predicted molar refractivity (Wildman–Crippen MR) is 107 cm³/mol. The van der Waals surface area contributed by atoms with E-state index in [1.165, 1.54) is 17.1 Å². The van der Waals surface area contributed by atoms with E-state index in [1.807, 2.05) is 0 Å². The van der Waals surface area contributed by atoms with Crippen LogP contribution in [0.4, 0.5) is 24.8 Å². The summed E-state index contributed by atoms with van der Waals surface area (Å²) in [6.07, 6.45) is -3.01. The quantitative estimate of drug-likeness (QED) is 0.522. The number of anilines is 2. The normalized spacial score (nSPS) is 11.3. The summed E-state index contributed by atoms with van der Waals surface area (Å²) >= 11 is 17.0. The van der Waals surface area contributed by atoms with E-state index in [4.69, 9.17) is 35.4 Å². The number of benzene rings is 2. The lowest BCUT2D eigenvalue weighted by Crippen LogP contribution is -2.20. The molecule has 0 atom stereocenters. The Balaban J connectivity index is 1.63. The number of aromatic nitrogens is 3. The smallest absolute Gasteiger partial charge is 0.332 e. The van der Waals surface area contributed by atoms with Crippen molar-refractivity contribution in [2.24, 2.45) is 0 Å². The Morgan fingerprint density at radius 2 is 1.79 bits per heavy atom. The molecule has 0 unspecified atom stereocenters. The van der Waals surface area contributed by atoms with Gasteiger partial charge in [0.15, 0.2) is 5.11 Å². The second-order valence-corrected chi connectivity index (χ2v) is 6.98. The lowest BCUT2D eigenvalue weighted by molar-refractivity contribution is -0.137. The Labute approximate surface area is 173 Å². The van der Waals surface area contributed by atoms with E-state index in [2.05, 4.69) is 20.7 Å². The highest BCUT2D eigenvalue weighted by atomic mass is 35.5. The molecule has 0 saturated heterocycles. The predicted octanol–water partition coefficient (Wildman–Crippen LogP) is 5.46. The van der Waals surface area contributed by atoms with Crippen molar-refractivity contribution >= 4 is 52.2 Å². The molecule has 1 aromatic heterocycles. The fraction of sp³-hybridized carbons (Fsp3) is 0.118. The number of thiocarbonyl (C=S) groups is 1. The fourth-order valence-electron chi connectivity index (χ4n) is 2.35. The van der Waals surface area contributed by atoms with Gasteiger partial charge in [0.1, 0.15) is 6.33 Å². The van der Waals surface area contributed by atoms with Crippen molar-refractivity contribution in [2.75, 3.05) is 10.6 Å². The van der Waals surface area contributed by atoms with Gasteiger partial charge in [0.2, 0.25) is 5.95 Å². The summed E-state index contributed by atoms with van der Waals surface area (Å²) in [5, 5.41) is 10.9. The third-order valence-corrected chi connectivity index (χ3v) is 4.12. The fourth-order valence-corrected chi connectivity index (χ4v) is 3.09. The molecule has 5 nitrogen and oxygen atoms in total. The molecule has 0 spiro atoms. The van der Waals surface area contributed by atoms with Gasteiger partial charge in [-0.2, -0.15) is 13.2 Å². The summed E-state index contributed by atoms with van der Waals surface area (Å²) in [4.78, 5) is 4.04. The highest BCUT2D eigenvalue weighted by molar-refractivity contribution is 7.80. The molecule has 0 aliphatic rings. The molecule has 11 heteroatoms. The first-order valence-corrected chi connectivity index (χ1v) is 8.95. The molecule has 28 heavy (non-hydrogen) atoms. The Hall–Kier alpha value is -2.36. The van der Waals surface area contributed by atoms with Crippen LogP contribution in [0.15, 0.2) is 48.8 Å². The van der Waals surface area contributed by atoms with Crippen LogP contribution in [-0.2, 0) is 12.7 Å². The molecular formula is C17H12Cl2F3N5S. The van der Waals surface area contributed by atoms with Crippen LogP contribution in [0, 0.1) is 0 Å². The van der Waals surface area contributed by atoms with Gasteiger partial charge in [-0.15, -0.1) is 5.10 Å². The van der Waals surface area contributed by atoms with E-state index in [1.54, 1.807) is 24.3 Å². The van der Waals surface area contributed by atoms with Crippen molar-refractivity contribution < 1.29 is 13.2 Å².